The van der Waals surface area contributed by atoms with Crippen molar-refractivity contribution in [1.29, 1.82) is 0 Å². The highest BCUT2D eigenvalue weighted by molar-refractivity contribution is 5.49. The third-order valence-corrected chi connectivity index (χ3v) is 7.54. The molecule has 2 fully saturated rings. The Morgan fingerprint density at radius 2 is 1.84 bits per heavy atom. The summed E-state index contributed by atoms with van der Waals surface area (Å²) < 4.78 is 39.6. The quantitative estimate of drug-likeness (QED) is 0.495. The third kappa shape index (κ3) is 5.53. The van der Waals surface area contributed by atoms with Gasteiger partial charge < -0.3 is 24.8 Å². The number of hydrogen-bond acceptors (Lipinski definition) is 8. The van der Waals surface area contributed by atoms with Gasteiger partial charge in [-0.1, -0.05) is 19.0 Å². The number of nitrogens with zero attached hydrogens (tertiary/aromatic N) is 5. The van der Waals surface area contributed by atoms with E-state index in [1.807, 2.05) is 26.0 Å². The molecule has 8 nitrogen and oxygen atoms in total. The topological polar surface area (TPSA) is 93.5 Å². The summed E-state index contributed by atoms with van der Waals surface area (Å²) >= 11 is 0. The summed E-state index contributed by atoms with van der Waals surface area (Å²) in [5, 5.41) is 4.06. The maximum absolute atomic E-state index is 14.3. The van der Waals surface area contributed by atoms with Gasteiger partial charge in [0.25, 0.3) is 0 Å². The molecule has 10 heteroatoms. The van der Waals surface area contributed by atoms with Crippen LogP contribution in [0.25, 0.3) is 0 Å². The number of nitrogens with two attached hydrogens (primary N) is 1. The van der Waals surface area contributed by atoms with Gasteiger partial charge in [0.15, 0.2) is 5.82 Å². The Morgan fingerprint density at radius 3 is 2.51 bits per heavy atom. The Balaban J connectivity index is 1.15. The standard InChI is InChI=1S/C27H34F2N6O2/c1-16(2)26-32-27(37-33-26)34-10-8-18(9-11-34)17(3)36-25-7-5-20(13-31-25)35-14-22(24(30)15-35)21-12-19(28)4-6-23(21)29/h4-7,12-13,16-18,22,24H,8-11,14-15,30H2,1-3H3/t17-,22+,24-/m0/s1. The van der Waals surface area contributed by atoms with Crippen molar-refractivity contribution in [3.05, 3.63) is 59.6 Å². The van der Waals surface area contributed by atoms with E-state index in [2.05, 4.69) is 31.8 Å². The van der Waals surface area contributed by atoms with Crippen LogP contribution >= 0.6 is 0 Å². The second kappa shape index (κ2) is 10.6. The van der Waals surface area contributed by atoms with E-state index in [0.717, 1.165) is 49.6 Å². The van der Waals surface area contributed by atoms with Gasteiger partial charge in [0.2, 0.25) is 5.88 Å². The van der Waals surface area contributed by atoms with Gasteiger partial charge in [0, 0.05) is 50.1 Å². The molecule has 37 heavy (non-hydrogen) atoms. The predicted molar refractivity (Wildman–Crippen MR) is 137 cm³/mol. The highest BCUT2D eigenvalue weighted by Gasteiger charge is 2.34. The molecule has 0 bridgehead atoms. The van der Waals surface area contributed by atoms with Crippen molar-refractivity contribution in [3.63, 3.8) is 0 Å². The van der Waals surface area contributed by atoms with Gasteiger partial charge in [-0.05, 0) is 55.5 Å². The van der Waals surface area contributed by atoms with Crippen molar-refractivity contribution in [2.75, 3.05) is 36.0 Å². The van der Waals surface area contributed by atoms with Crippen molar-refractivity contribution in [2.45, 2.75) is 57.6 Å². The number of piperidine rings is 1. The summed E-state index contributed by atoms with van der Waals surface area (Å²) in [6.07, 6.45) is 3.68. The highest BCUT2D eigenvalue weighted by Crippen LogP contribution is 2.33. The smallest absolute Gasteiger partial charge is 0.324 e. The number of benzene rings is 1. The third-order valence-electron chi connectivity index (χ3n) is 7.54. The zero-order valence-corrected chi connectivity index (χ0v) is 21.5. The van der Waals surface area contributed by atoms with Crippen LogP contribution in [0.1, 0.15) is 56.8 Å². The Kier molecular flexibility index (Phi) is 7.28. The first-order chi connectivity index (χ1) is 17.8. The first-order valence-electron chi connectivity index (χ1n) is 12.9. The van der Waals surface area contributed by atoms with E-state index in [4.69, 9.17) is 15.0 Å². The maximum atomic E-state index is 14.3. The van der Waals surface area contributed by atoms with Gasteiger partial charge in [0.05, 0.1) is 11.9 Å². The van der Waals surface area contributed by atoms with Crippen molar-refractivity contribution in [2.24, 2.45) is 11.7 Å². The van der Waals surface area contributed by atoms with E-state index in [1.54, 1.807) is 6.20 Å². The molecular weight excluding hydrogens is 478 g/mol. The summed E-state index contributed by atoms with van der Waals surface area (Å²) in [5.41, 5.74) is 7.50. The predicted octanol–water partition coefficient (Wildman–Crippen LogP) is 4.48. The van der Waals surface area contributed by atoms with Crippen LogP contribution in [-0.4, -0.2) is 53.4 Å². The van der Waals surface area contributed by atoms with E-state index in [9.17, 15) is 8.78 Å². The molecule has 1 aromatic carbocycles. The fraction of sp³-hybridized carbons (Fsp3) is 0.519. The molecule has 0 saturated carbocycles. The lowest BCUT2D eigenvalue weighted by atomic mass is 9.92. The van der Waals surface area contributed by atoms with E-state index in [1.165, 1.54) is 6.07 Å². The fourth-order valence-corrected chi connectivity index (χ4v) is 5.23. The number of halogens is 2. The Bertz CT molecular complexity index is 1200. The summed E-state index contributed by atoms with van der Waals surface area (Å²) in [6, 6.07) is 7.62. The molecule has 0 spiro atoms. The maximum Gasteiger partial charge on any atom is 0.324 e. The van der Waals surface area contributed by atoms with Gasteiger partial charge >= 0.3 is 6.01 Å². The molecule has 3 atom stereocenters. The van der Waals surface area contributed by atoms with Gasteiger partial charge in [-0.3, -0.25) is 0 Å². The van der Waals surface area contributed by atoms with Gasteiger partial charge in [-0.2, -0.15) is 4.98 Å². The van der Waals surface area contributed by atoms with Crippen molar-refractivity contribution >= 4 is 11.7 Å². The zero-order valence-electron chi connectivity index (χ0n) is 21.5. The molecule has 2 saturated heterocycles. The first-order valence-corrected chi connectivity index (χ1v) is 12.9. The lowest BCUT2D eigenvalue weighted by Crippen LogP contribution is -2.39. The largest absolute Gasteiger partial charge is 0.474 e. The number of ether oxygens (including phenoxy) is 1. The molecule has 2 aromatic heterocycles. The minimum absolute atomic E-state index is 0.00921. The lowest BCUT2D eigenvalue weighted by Gasteiger charge is -2.33. The van der Waals surface area contributed by atoms with Crippen LogP contribution in [0.2, 0.25) is 0 Å². The van der Waals surface area contributed by atoms with Crippen LogP contribution in [0.15, 0.2) is 41.1 Å². The van der Waals surface area contributed by atoms with Crippen LogP contribution in [0.3, 0.4) is 0 Å². The monoisotopic (exact) mass is 512 g/mol. The normalized spacial score (nSPS) is 21.6. The van der Waals surface area contributed by atoms with Crippen molar-refractivity contribution in [3.8, 4) is 5.88 Å². The van der Waals surface area contributed by atoms with Crippen LogP contribution in [0, 0.1) is 17.6 Å². The highest BCUT2D eigenvalue weighted by atomic mass is 19.1. The summed E-state index contributed by atoms with van der Waals surface area (Å²) in [7, 11) is 0. The van der Waals surface area contributed by atoms with Gasteiger partial charge in [0.1, 0.15) is 17.7 Å². The van der Waals surface area contributed by atoms with Crippen LogP contribution < -0.4 is 20.3 Å². The summed E-state index contributed by atoms with van der Waals surface area (Å²) in [4.78, 5) is 13.2. The molecule has 4 heterocycles. The number of rotatable bonds is 7. The fourth-order valence-electron chi connectivity index (χ4n) is 5.23. The molecule has 0 amide bonds. The summed E-state index contributed by atoms with van der Waals surface area (Å²) in [5.74, 6) is 0.750. The lowest BCUT2D eigenvalue weighted by molar-refractivity contribution is 0.126. The SMILES string of the molecule is CC(C)c1noc(N2CCC([C@H](C)Oc3ccc(N4C[C@H](c5cc(F)ccc5F)[C@@H](N)C4)cn3)CC2)n1. The average Bonchev–Trinajstić information content (AvgIpc) is 3.54. The Labute approximate surface area is 215 Å². The van der Waals surface area contributed by atoms with Gasteiger partial charge in [-0.15, -0.1) is 0 Å². The number of pyridine rings is 1. The molecule has 3 aromatic rings. The second-order valence-electron chi connectivity index (χ2n) is 10.4. The second-order valence-corrected chi connectivity index (χ2v) is 10.4. The number of anilines is 2. The molecule has 198 valence electrons. The molecule has 0 unspecified atom stereocenters. The van der Waals surface area contributed by atoms with Crippen LogP contribution in [0.4, 0.5) is 20.5 Å². The Hall–Kier alpha value is -3.27. The van der Waals surface area contributed by atoms with Crippen LogP contribution in [-0.2, 0) is 0 Å². The molecule has 5 rings (SSSR count). The Morgan fingerprint density at radius 1 is 1.05 bits per heavy atom. The molecular formula is C27H34F2N6O2. The van der Waals surface area contributed by atoms with E-state index in [-0.39, 0.29) is 24.0 Å². The zero-order chi connectivity index (χ0) is 26.1. The van der Waals surface area contributed by atoms with E-state index in [0.29, 0.717) is 36.5 Å². The average molecular weight is 513 g/mol. The van der Waals surface area contributed by atoms with E-state index < -0.39 is 11.6 Å². The van der Waals surface area contributed by atoms with Crippen molar-refractivity contribution < 1.29 is 18.0 Å². The minimum atomic E-state index is -0.458. The molecule has 2 aliphatic heterocycles. The molecule has 2 N–H and O–H groups in total. The van der Waals surface area contributed by atoms with E-state index >= 15 is 0 Å². The first kappa shape index (κ1) is 25.4. The molecule has 0 aliphatic carbocycles. The van der Waals surface area contributed by atoms with Crippen LogP contribution in [0.5, 0.6) is 5.88 Å². The summed E-state index contributed by atoms with van der Waals surface area (Å²) in [6.45, 7) is 8.89. The molecule has 2 aliphatic rings. The van der Waals surface area contributed by atoms with Gasteiger partial charge in [-0.25, -0.2) is 13.8 Å². The van der Waals surface area contributed by atoms with Crippen molar-refractivity contribution in [1.82, 2.24) is 15.1 Å². The number of aromatic nitrogens is 3. The minimum Gasteiger partial charge on any atom is -0.474 e. The number of hydrogen-bond donors (Lipinski definition) is 1. The molecule has 0 radical (unpaired) electrons.